The molecule has 0 radical (unpaired) electrons. The van der Waals surface area contributed by atoms with Crippen molar-refractivity contribution < 1.29 is 28.9 Å². The Morgan fingerprint density at radius 3 is 2.40 bits per heavy atom. The number of hydrogen-bond donors (Lipinski definition) is 2. The van der Waals surface area contributed by atoms with Gasteiger partial charge in [0.2, 0.25) is 5.91 Å². The Balaban J connectivity index is 1.10. The van der Waals surface area contributed by atoms with Gasteiger partial charge in [-0.1, -0.05) is 73.7 Å². The maximum atomic E-state index is 14.4. The fourth-order valence-electron chi connectivity index (χ4n) is 7.85. The monoisotopic (exact) mass is 768 g/mol. The number of aryl methyl sites for hydroxylation is 1. The minimum absolute atomic E-state index is 0.0781. The molecule has 0 saturated carbocycles. The number of nitrogens with zero attached hydrogens (tertiary/aromatic N) is 3. The van der Waals surface area contributed by atoms with E-state index in [1.165, 1.54) is 0 Å². The van der Waals surface area contributed by atoms with Crippen molar-refractivity contribution in [1.82, 2.24) is 20.1 Å². The third-order valence-electron chi connectivity index (χ3n) is 11.2. The van der Waals surface area contributed by atoms with Gasteiger partial charge in [-0.15, -0.1) is 0 Å². The number of fused-ring (bicyclic) bond motifs is 2. The van der Waals surface area contributed by atoms with Crippen LogP contribution in [0.3, 0.4) is 0 Å². The second kappa shape index (κ2) is 17.6. The molecule has 0 saturated heterocycles. The number of nitrogens with one attached hydrogen (secondary N) is 1. The molecule has 10 heteroatoms. The molecule has 2 N–H and O–H groups in total. The summed E-state index contributed by atoms with van der Waals surface area (Å²) in [5, 5.41) is 13.3. The predicted molar refractivity (Wildman–Crippen MR) is 221 cm³/mol. The minimum atomic E-state index is -1.11. The number of rotatable bonds is 14. The summed E-state index contributed by atoms with van der Waals surface area (Å²) in [4.78, 5) is 35.7. The Morgan fingerprint density at radius 1 is 0.965 bits per heavy atom. The van der Waals surface area contributed by atoms with Crippen LogP contribution in [-0.4, -0.2) is 77.7 Å². The number of carbonyl (C=O) groups is 2. The molecule has 57 heavy (non-hydrogen) atoms. The maximum Gasteiger partial charge on any atom is 0.326 e. The normalized spacial score (nSPS) is 17.4. The second-order valence-corrected chi connectivity index (χ2v) is 15.3. The number of likely N-dealkylation sites (N-methyl/N-ethyl adjacent to an activating group) is 1. The molecule has 0 spiro atoms. The molecule has 7 rings (SSSR count). The molecule has 4 atom stereocenters. The fourth-order valence-corrected chi connectivity index (χ4v) is 7.85. The van der Waals surface area contributed by atoms with Crippen molar-refractivity contribution in [2.45, 2.75) is 70.8 Å². The number of ether oxygens (including phenoxy) is 3. The summed E-state index contributed by atoms with van der Waals surface area (Å²) in [5.41, 5.74) is 9.14. The Hall–Kier alpha value is -5.71. The summed E-state index contributed by atoms with van der Waals surface area (Å²) in [7, 11) is 4.04. The van der Waals surface area contributed by atoms with Crippen molar-refractivity contribution in [2.75, 3.05) is 33.9 Å². The quantitative estimate of drug-likeness (QED) is 0.119. The van der Waals surface area contributed by atoms with Gasteiger partial charge in [-0.2, -0.15) is 0 Å². The third-order valence-corrected chi connectivity index (χ3v) is 11.2. The van der Waals surface area contributed by atoms with Crippen molar-refractivity contribution in [3.8, 4) is 28.4 Å². The van der Waals surface area contributed by atoms with Crippen molar-refractivity contribution in [3.05, 3.63) is 142 Å². The van der Waals surface area contributed by atoms with Crippen LogP contribution in [0.2, 0.25) is 0 Å². The number of carbonyl (C=O) groups excluding carboxylic acids is 1. The van der Waals surface area contributed by atoms with Gasteiger partial charge in [0, 0.05) is 37.4 Å². The molecule has 5 aromatic rings. The van der Waals surface area contributed by atoms with E-state index in [-0.39, 0.29) is 24.5 Å². The van der Waals surface area contributed by atoms with E-state index in [4.69, 9.17) is 14.2 Å². The van der Waals surface area contributed by atoms with Crippen LogP contribution >= 0.6 is 0 Å². The van der Waals surface area contributed by atoms with Gasteiger partial charge in [-0.25, -0.2) is 4.79 Å². The summed E-state index contributed by atoms with van der Waals surface area (Å²) >= 11 is 0. The lowest BCUT2D eigenvalue weighted by molar-refractivity contribution is -0.143. The molecule has 2 aliphatic rings. The zero-order chi connectivity index (χ0) is 40.1. The van der Waals surface area contributed by atoms with Gasteiger partial charge in [0.25, 0.3) is 0 Å². The molecule has 0 bridgehead atoms. The van der Waals surface area contributed by atoms with Crippen LogP contribution in [0.4, 0.5) is 0 Å². The molecular weight excluding hydrogens is 717 g/mol. The molecule has 1 aromatic heterocycles. The molecular formula is C47H52N4O6. The number of carboxylic acid groups (broad SMARTS) is 1. The third kappa shape index (κ3) is 9.14. The van der Waals surface area contributed by atoms with Crippen LogP contribution < -0.4 is 19.5 Å². The highest BCUT2D eigenvalue weighted by Crippen LogP contribution is 2.42. The van der Waals surface area contributed by atoms with Crippen LogP contribution in [-0.2, 0) is 29.0 Å². The first-order valence-electron chi connectivity index (χ1n) is 19.8. The van der Waals surface area contributed by atoms with E-state index in [0.717, 1.165) is 68.9 Å². The maximum absolute atomic E-state index is 14.4. The van der Waals surface area contributed by atoms with Crippen molar-refractivity contribution in [3.63, 3.8) is 0 Å². The smallest absolute Gasteiger partial charge is 0.326 e. The van der Waals surface area contributed by atoms with Gasteiger partial charge in [0.1, 0.15) is 25.0 Å². The van der Waals surface area contributed by atoms with Crippen LogP contribution in [0.25, 0.3) is 11.1 Å². The molecule has 0 aliphatic carbocycles. The van der Waals surface area contributed by atoms with Crippen molar-refractivity contribution >= 4 is 11.9 Å². The topological polar surface area (TPSA) is 113 Å². The largest absolute Gasteiger partial charge is 0.492 e. The van der Waals surface area contributed by atoms with E-state index in [2.05, 4.69) is 39.2 Å². The van der Waals surface area contributed by atoms with Crippen LogP contribution in [0.1, 0.15) is 64.6 Å². The van der Waals surface area contributed by atoms with Crippen LogP contribution in [0.5, 0.6) is 17.2 Å². The summed E-state index contributed by atoms with van der Waals surface area (Å²) in [5.74, 6) is 0.723. The lowest BCUT2D eigenvalue weighted by atomic mass is 9.89. The van der Waals surface area contributed by atoms with E-state index < -0.39 is 18.1 Å². The van der Waals surface area contributed by atoms with Crippen molar-refractivity contribution in [1.29, 1.82) is 0 Å². The van der Waals surface area contributed by atoms with Gasteiger partial charge in [0.15, 0.2) is 17.6 Å². The summed E-state index contributed by atoms with van der Waals surface area (Å²) in [6, 6.07) is 30.2. The first kappa shape index (κ1) is 39.5. The highest BCUT2D eigenvalue weighted by atomic mass is 16.6. The van der Waals surface area contributed by atoms with Gasteiger partial charge >= 0.3 is 5.97 Å². The Kier molecular flexibility index (Phi) is 12.2. The average molecular weight is 769 g/mol. The summed E-state index contributed by atoms with van der Waals surface area (Å²) in [6.07, 6.45) is 2.82. The first-order chi connectivity index (χ1) is 27.6. The van der Waals surface area contributed by atoms with Crippen LogP contribution in [0, 0.1) is 13.8 Å². The first-order valence-corrected chi connectivity index (χ1v) is 19.8. The van der Waals surface area contributed by atoms with E-state index >= 15 is 0 Å². The highest BCUT2D eigenvalue weighted by Gasteiger charge is 2.38. The standard InChI is InChI=1S/C47H52N4O6/c1-6-41(34-10-8-7-9-11-34)51-28-37-27-44-43(56-29-45(57-44)35-16-18-38(19-17-35)55-23-22-50(4)5)26-36(37)25-42(51)46(52)49-40(47(53)54)24-32-12-14-33(15-13-32)39-20-21-48-31(3)30(39)2/h7-21,26-27,40-42,45H,6,22-25,28-29H2,1-5H3,(H,49,52)(H,53,54)/t40-,41-,42-,45+/m0/s1. The second-order valence-electron chi connectivity index (χ2n) is 15.3. The predicted octanol–water partition coefficient (Wildman–Crippen LogP) is 7.51. The summed E-state index contributed by atoms with van der Waals surface area (Å²) in [6.45, 7) is 8.42. The Labute approximate surface area is 335 Å². The molecule has 3 heterocycles. The Bertz CT molecular complexity index is 2170. The van der Waals surface area contributed by atoms with Crippen LogP contribution in [0.15, 0.2) is 103 Å². The van der Waals surface area contributed by atoms with E-state index in [0.29, 0.717) is 37.7 Å². The number of aliphatic carboxylic acids is 1. The number of pyridine rings is 1. The molecule has 0 fully saturated rings. The lowest BCUT2D eigenvalue weighted by Gasteiger charge is -2.42. The van der Waals surface area contributed by atoms with Crippen molar-refractivity contribution in [2.24, 2.45) is 0 Å². The lowest BCUT2D eigenvalue weighted by Crippen LogP contribution is -2.55. The molecule has 1 amide bonds. The SMILES string of the molecule is CC[C@@H](c1ccccc1)N1Cc2cc3c(cc2C[C@H]1C(=O)N[C@@H](Cc1ccc(-c2ccnc(C)c2C)cc1)C(=O)O)OC[C@H](c1ccc(OCCN(C)C)cc1)O3. The Morgan fingerprint density at radius 2 is 1.70 bits per heavy atom. The van der Waals surface area contributed by atoms with E-state index in [1.54, 1.807) is 6.20 Å². The molecule has 296 valence electrons. The highest BCUT2D eigenvalue weighted by molar-refractivity contribution is 5.87. The molecule has 0 unspecified atom stereocenters. The van der Waals surface area contributed by atoms with E-state index in [1.807, 2.05) is 113 Å². The van der Waals surface area contributed by atoms with Gasteiger partial charge in [-0.3, -0.25) is 14.7 Å². The molecule has 10 nitrogen and oxygen atoms in total. The number of amides is 1. The zero-order valence-electron chi connectivity index (χ0n) is 33.4. The van der Waals surface area contributed by atoms with Gasteiger partial charge < -0.3 is 29.5 Å². The molecule has 4 aromatic carbocycles. The van der Waals surface area contributed by atoms with E-state index in [9.17, 15) is 14.7 Å². The van der Waals surface area contributed by atoms with Gasteiger partial charge in [0.05, 0.1) is 6.04 Å². The number of aromatic nitrogens is 1. The fraction of sp³-hybridized carbons (Fsp3) is 0.340. The molecule has 2 aliphatic heterocycles. The average Bonchev–Trinajstić information content (AvgIpc) is 3.21. The number of benzene rings is 4. The zero-order valence-corrected chi connectivity index (χ0v) is 33.4. The minimum Gasteiger partial charge on any atom is -0.492 e. The van der Waals surface area contributed by atoms with Gasteiger partial charge in [-0.05, 0) is 116 Å². The summed E-state index contributed by atoms with van der Waals surface area (Å²) < 4.78 is 18.7. The number of carboxylic acids is 1. The number of hydrogen-bond acceptors (Lipinski definition) is 8.